The predicted octanol–water partition coefficient (Wildman–Crippen LogP) is 2.44. The van der Waals surface area contributed by atoms with Crippen molar-refractivity contribution in [2.45, 2.75) is 39.7 Å². The second-order valence-electron chi connectivity index (χ2n) is 4.48. The smallest absolute Gasteiger partial charge is 0.224 e. The Kier molecular flexibility index (Phi) is 6.43. The van der Waals surface area contributed by atoms with Crippen LogP contribution in [0.15, 0.2) is 6.20 Å². The number of methoxy groups -OCH3 is 1. The molecule has 0 spiro atoms. The van der Waals surface area contributed by atoms with Gasteiger partial charge in [-0.1, -0.05) is 6.92 Å². The van der Waals surface area contributed by atoms with Crippen LogP contribution in [0.25, 0.3) is 0 Å². The normalized spacial score (nSPS) is 12.2. The van der Waals surface area contributed by atoms with E-state index in [4.69, 9.17) is 4.74 Å². The van der Waals surface area contributed by atoms with Crippen molar-refractivity contribution in [2.75, 3.05) is 30.9 Å². The third kappa shape index (κ3) is 4.87. The molecule has 0 aromatic carbocycles. The number of rotatable bonds is 8. The van der Waals surface area contributed by atoms with Crippen LogP contribution in [0.3, 0.4) is 0 Å². The van der Waals surface area contributed by atoms with Gasteiger partial charge in [-0.25, -0.2) is 4.98 Å². The van der Waals surface area contributed by atoms with Gasteiger partial charge in [0.15, 0.2) is 0 Å². The van der Waals surface area contributed by atoms with E-state index in [1.807, 2.05) is 13.1 Å². The standard InChI is InChI=1S/C13H24N4O/c1-5-7-14-13-15-9-10(2)12(17-13)16-11(3)6-8-18-4/h9,11H,5-8H2,1-4H3,(H2,14,15,16,17). The molecule has 0 saturated heterocycles. The van der Waals surface area contributed by atoms with Crippen LogP contribution in [0.4, 0.5) is 11.8 Å². The van der Waals surface area contributed by atoms with Crippen LogP contribution < -0.4 is 10.6 Å². The number of aryl methyl sites for hydroxylation is 1. The van der Waals surface area contributed by atoms with E-state index in [1.165, 1.54) is 0 Å². The molecule has 5 heteroatoms. The highest BCUT2D eigenvalue weighted by atomic mass is 16.5. The van der Waals surface area contributed by atoms with Crippen LogP contribution in [0, 0.1) is 6.92 Å². The molecule has 1 rings (SSSR count). The molecule has 0 aliphatic rings. The highest BCUT2D eigenvalue weighted by Crippen LogP contribution is 2.14. The molecule has 1 aromatic rings. The van der Waals surface area contributed by atoms with Gasteiger partial charge in [-0.15, -0.1) is 0 Å². The lowest BCUT2D eigenvalue weighted by atomic mass is 10.2. The minimum atomic E-state index is 0.331. The number of ether oxygens (including phenoxy) is 1. The lowest BCUT2D eigenvalue weighted by Crippen LogP contribution is -2.19. The molecular formula is C13H24N4O. The van der Waals surface area contributed by atoms with Gasteiger partial charge in [0.2, 0.25) is 5.95 Å². The average Bonchev–Trinajstić information content (AvgIpc) is 2.37. The fraction of sp³-hybridized carbons (Fsp3) is 0.692. The summed E-state index contributed by atoms with van der Waals surface area (Å²) in [5.74, 6) is 1.58. The Morgan fingerprint density at radius 2 is 2.22 bits per heavy atom. The first kappa shape index (κ1) is 14.7. The molecule has 0 bridgehead atoms. The lowest BCUT2D eigenvalue weighted by Gasteiger charge is -2.16. The highest BCUT2D eigenvalue weighted by molar-refractivity contribution is 5.46. The number of anilines is 2. The number of hydrogen-bond acceptors (Lipinski definition) is 5. The number of nitrogens with zero attached hydrogens (tertiary/aromatic N) is 2. The van der Waals surface area contributed by atoms with Crippen molar-refractivity contribution in [3.8, 4) is 0 Å². The van der Waals surface area contributed by atoms with E-state index in [-0.39, 0.29) is 0 Å². The topological polar surface area (TPSA) is 59.1 Å². The van der Waals surface area contributed by atoms with E-state index < -0.39 is 0 Å². The number of hydrogen-bond donors (Lipinski definition) is 2. The predicted molar refractivity (Wildman–Crippen MR) is 75.1 cm³/mol. The summed E-state index contributed by atoms with van der Waals surface area (Å²) in [6.45, 7) is 7.89. The van der Waals surface area contributed by atoms with E-state index in [9.17, 15) is 0 Å². The molecule has 18 heavy (non-hydrogen) atoms. The summed E-state index contributed by atoms with van der Waals surface area (Å²) in [4.78, 5) is 8.74. The maximum Gasteiger partial charge on any atom is 0.224 e. The van der Waals surface area contributed by atoms with Crippen molar-refractivity contribution >= 4 is 11.8 Å². The van der Waals surface area contributed by atoms with Gasteiger partial charge < -0.3 is 15.4 Å². The molecule has 1 atom stereocenters. The third-order valence-corrected chi connectivity index (χ3v) is 2.64. The monoisotopic (exact) mass is 252 g/mol. The molecule has 0 amide bonds. The van der Waals surface area contributed by atoms with Crippen LogP contribution in [-0.2, 0) is 4.74 Å². The van der Waals surface area contributed by atoms with E-state index in [0.29, 0.717) is 12.0 Å². The minimum absolute atomic E-state index is 0.331. The van der Waals surface area contributed by atoms with Gasteiger partial charge in [-0.3, -0.25) is 0 Å². The molecule has 0 saturated carbocycles. The van der Waals surface area contributed by atoms with Crippen molar-refractivity contribution < 1.29 is 4.74 Å². The summed E-state index contributed by atoms with van der Waals surface area (Å²) in [5, 5.41) is 6.58. The van der Waals surface area contributed by atoms with Crippen molar-refractivity contribution in [3.05, 3.63) is 11.8 Å². The molecular weight excluding hydrogens is 228 g/mol. The van der Waals surface area contributed by atoms with E-state index in [0.717, 1.165) is 37.4 Å². The van der Waals surface area contributed by atoms with Gasteiger partial charge in [0, 0.05) is 38.1 Å². The maximum atomic E-state index is 5.07. The Hall–Kier alpha value is -1.36. The van der Waals surface area contributed by atoms with Crippen molar-refractivity contribution in [1.82, 2.24) is 9.97 Å². The largest absolute Gasteiger partial charge is 0.385 e. The third-order valence-electron chi connectivity index (χ3n) is 2.64. The van der Waals surface area contributed by atoms with Crippen molar-refractivity contribution in [1.29, 1.82) is 0 Å². The van der Waals surface area contributed by atoms with Crippen LogP contribution in [0.1, 0.15) is 32.3 Å². The summed E-state index contributed by atoms with van der Waals surface area (Å²) in [6.07, 6.45) is 3.86. The number of nitrogens with one attached hydrogen (secondary N) is 2. The summed E-state index contributed by atoms with van der Waals surface area (Å²) < 4.78 is 5.07. The Morgan fingerprint density at radius 1 is 1.44 bits per heavy atom. The highest BCUT2D eigenvalue weighted by Gasteiger charge is 2.07. The van der Waals surface area contributed by atoms with Crippen LogP contribution >= 0.6 is 0 Å². The molecule has 0 radical (unpaired) electrons. The van der Waals surface area contributed by atoms with Crippen molar-refractivity contribution in [3.63, 3.8) is 0 Å². The zero-order valence-electron chi connectivity index (χ0n) is 11.8. The van der Waals surface area contributed by atoms with Gasteiger partial charge in [-0.05, 0) is 26.7 Å². The molecule has 1 heterocycles. The summed E-state index contributed by atoms with van der Waals surface area (Å²) in [5.41, 5.74) is 1.06. The fourth-order valence-electron chi connectivity index (χ4n) is 1.51. The Morgan fingerprint density at radius 3 is 2.89 bits per heavy atom. The van der Waals surface area contributed by atoms with Gasteiger partial charge in [0.25, 0.3) is 0 Å². The molecule has 1 aromatic heterocycles. The Balaban J connectivity index is 2.62. The summed E-state index contributed by atoms with van der Waals surface area (Å²) in [7, 11) is 1.72. The Labute approximate surface area is 109 Å². The second kappa shape index (κ2) is 7.87. The quantitative estimate of drug-likeness (QED) is 0.744. The Bertz CT molecular complexity index is 357. The first-order valence-electron chi connectivity index (χ1n) is 6.50. The zero-order chi connectivity index (χ0) is 13.4. The fourth-order valence-corrected chi connectivity index (χ4v) is 1.51. The van der Waals surface area contributed by atoms with Gasteiger partial charge in [0.05, 0.1) is 0 Å². The zero-order valence-corrected chi connectivity index (χ0v) is 11.8. The summed E-state index contributed by atoms with van der Waals surface area (Å²) >= 11 is 0. The SMILES string of the molecule is CCCNc1ncc(C)c(NC(C)CCOC)n1. The van der Waals surface area contributed by atoms with Crippen LogP contribution in [-0.4, -0.2) is 36.3 Å². The van der Waals surface area contributed by atoms with E-state index in [1.54, 1.807) is 7.11 Å². The minimum Gasteiger partial charge on any atom is -0.385 e. The van der Waals surface area contributed by atoms with Gasteiger partial charge >= 0.3 is 0 Å². The first-order valence-corrected chi connectivity index (χ1v) is 6.50. The van der Waals surface area contributed by atoms with E-state index in [2.05, 4.69) is 34.4 Å². The molecule has 0 fully saturated rings. The first-order chi connectivity index (χ1) is 8.67. The van der Waals surface area contributed by atoms with E-state index >= 15 is 0 Å². The molecule has 5 nitrogen and oxygen atoms in total. The van der Waals surface area contributed by atoms with Crippen molar-refractivity contribution in [2.24, 2.45) is 0 Å². The maximum absolute atomic E-state index is 5.07. The number of aromatic nitrogens is 2. The molecule has 0 aliphatic carbocycles. The van der Waals surface area contributed by atoms with Gasteiger partial charge in [-0.2, -0.15) is 4.98 Å². The molecule has 2 N–H and O–H groups in total. The second-order valence-corrected chi connectivity index (χ2v) is 4.48. The summed E-state index contributed by atoms with van der Waals surface area (Å²) in [6, 6.07) is 0.331. The lowest BCUT2D eigenvalue weighted by molar-refractivity contribution is 0.191. The molecule has 102 valence electrons. The van der Waals surface area contributed by atoms with Crippen LogP contribution in [0.2, 0.25) is 0 Å². The van der Waals surface area contributed by atoms with Gasteiger partial charge in [0.1, 0.15) is 5.82 Å². The van der Waals surface area contributed by atoms with Crippen LogP contribution in [0.5, 0.6) is 0 Å². The average molecular weight is 252 g/mol. The molecule has 1 unspecified atom stereocenters. The molecule has 0 aliphatic heterocycles.